The number of hydrogen-bond acceptors (Lipinski definition) is 0. The Morgan fingerprint density at radius 3 is 1.64 bits per heavy atom. The summed E-state index contributed by atoms with van der Waals surface area (Å²) in [6, 6.07) is 0. The summed E-state index contributed by atoms with van der Waals surface area (Å²) in [7, 11) is 0. The van der Waals surface area contributed by atoms with Gasteiger partial charge in [0, 0.05) is 0 Å². The highest BCUT2D eigenvalue weighted by Gasteiger charge is 2.30. The van der Waals surface area contributed by atoms with Crippen molar-refractivity contribution in [3.05, 3.63) is 0 Å². The van der Waals surface area contributed by atoms with Crippen molar-refractivity contribution < 1.29 is 0 Å². The van der Waals surface area contributed by atoms with Crippen molar-refractivity contribution in [2.75, 3.05) is 0 Å². The highest BCUT2D eigenvalue weighted by atomic mass is 14.3. The van der Waals surface area contributed by atoms with E-state index in [1.54, 1.807) is 0 Å². The fourth-order valence-electron chi connectivity index (χ4n) is 4.03. The highest BCUT2D eigenvalue weighted by molar-refractivity contribution is 6.64. The zero-order valence-electron chi connectivity index (χ0n) is 10.1. The normalized spacial score (nSPS) is 36.0. The predicted molar refractivity (Wildman–Crippen MR) is 65.2 cm³/mol. The number of rotatable bonds is 2. The van der Waals surface area contributed by atoms with Gasteiger partial charge in [-0.05, 0) is 0 Å². The molecule has 2 rings (SSSR count). The Balaban J connectivity index is 2.08. The van der Waals surface area contributed by atoms with Crippen LogP contribution >= 0.6 is 0 Å². The molecule has 1 heteroatoms. The van der Waals surface area contributed by atoms with Gasteiger partial charge in [0.15, 0.2) is 0 Å². The molecule has 0 nitrogen and oxygen atoms in total. The molecule has 2 fully saturated rings. The van der Waals surface area contributed by atoms with E-state index in [1.165, 1.54) is 38.5 Å². The lowest BCUT2D eigenvalue weighted by atomic mass is 9.21. The Morgan fingerprint density at radius 2 is 1.29 bits per heavy atom. The van der Waals surface area contributed by atoms with Crippen molar-refractivity contribution in [3.8, 4) is 0 Å². The second-order valence-corrected chi connectivity index (χ2v) is 6.06. The summed E-state index contributed by atoms with van der Waals surface area (Å²) in [4.78, 5) is 0. The summed E-state index contributed by atoms with van der Waals surface area (Å²) in [5, 5.41) is 0. The second kappa shape index (κ2) is 4.29. The van der Waals surface area contributed by atoms with Gasteiger partial charge in [-0.3, -0.25) is 0 Å². The first-order valence-electron chi connectivity index (χ1n) is 6.70. The molecule has 0 N–H and O–H groups in total. The van der Waals surface area contributed by atoms with E-state index in [9.17, 15) is 0 Å². The maximum absolute atomic E-state index is 2.51. The molecular weight excluding hydrogens is 167 g/mol. The summed E-state index contributed by atoms with van der Waals surface area (Å²) in [5.41, 5.74) is 0. The largest absolute Gasteiger partial charge is 0.197 e. The van der Waals surface area contributed by atoms with Crippen LogP contribution in [0.15, 0.2) is 0 Å². The average Bonchev–Trinajstić information content (AvgIpc) is 2.15. The quantitative estimate of drug-likeness (QED) is 0.559. The van der Waals surface area contributed by atoms with Gasteiger partial charge in [0.25, 0.3) is 0 Å². The van der Waals surface area contributed by atoms with Gasteiger partial charge in [-0.1, -0.05) is 65.2 Å². The molecule has 0 aliphatic carbocycles. The van der Waals surface area contributed by atoms with Crippen LogP contribution in [0.1, 0.15) is 59.3 Å². The Labute approximate surface area is 89.9 Å². The predicted octanol–water partition coefficient (Wildman–Crippen LogP) is 4.64. The molecule has 14 heavy (non-hydrogen) atoms. The molecule has 1 atom stereocenters. The van der Waals surface area contributed by atoms with E-state index in [2.05, 4.69) is 20.8 Å². The smallest absolute Gasteiger partial charge is 0.0590 e. The first kappa shape index (κ1) is 10.6. The maximum Gasteiger partial charge on any atom is -0.0590 e. The molecule has 2 heterocycles. The third-order valence-electron chi connectivity index (χ3n) is 5.05. The van der Waals surface area contributed by atoms with Gasteiger partial charge in [0.05, 0.1) is 0 Å². The van der Waals surface area contributed by atoms with Crippen LogP contribution in [-0.4, -0.2) is 6.71 Å². The molecule has 0 spiro atoms. The Morgan fingerprint density at radius 1 is 0.857 bits per heavy atom. The van der Waals surface area contributed by atoms with Gasteiger partial charge < -0.3 is 0 Å². The maximum atomic E-state index is 2.51. The van der Waals surface area contributed by atoms with Gasteiger partial charge in [0.2, 0.25) is 0 Å². The van der Waals surface area contributed by atoms with Crippen molar-refractivity contribution in [3.63, 3.8) is 0 Å². The van der Waals surface area contributed by atoms with Crippen molar-refractivity contribution in [1.82, 2.24) is 0 Å². The summed E-state index contributed by atoms with van der Waals surface area (Å²) < 4.78 is 0. The standard InChI is InChI=1S/C13H25B/c1-10(2)11(3)14-12-6-4-7-13(14)9-5-8-12/h10-13H,4-9H2,1-3H3/q-1. The molecular formula is C13H25B-. The van der Waals surface area contributed by atoms with Crippen LogP contribution in [0.5, 0.6) is 0 Å². The first-order valence-corrected chi connectivity index (χ1v) is 6.70. The molecule has 2 aliphatic rings. The van der Waals surface area contributed by atoms with E-state index in [4.69, 9.17) is 0 Å². The molecule has 0 amide bonds. The van der Waals surface area contributed by atoms with E-state index < -0.39 is 0 Å². The number of fused-ring (bicyclic) bond motifs is 2. The first-order chi connectivity index (χ1) is 6.70. The minimum atomic E-state index is 0.890. The van der Waals surface area contributed by atoms with Crippen molar-refractivity contribution in [2.45, 2.75) is 76.7 Å². The molecule has 2 aliphatic heterocycles. The minimum Gasteiger partial charge on any atom is -0.197 e. The second-order valence-electron chi connectivity index (χ2n) is 6.06. The lowest BCUT2D eigenvalue weighted by Gasteiger charge is -2.56. The van der Waals surface area contributed by atoms with E-state index >= 15 is 0 Å². The molecule has 2 bridgehead atoms. The average molecular weight is 192 g/mol. The summed E-state index contributed by atoms with van der Waals surface area (Å²) in [6.45, 7) is 8.41. The minimum absolute atomic E-state index is 0.890. The molecule has 0 aromatic carbocycles. The Bertz CT molecular complexity index is 163. The molecule has 81 valence electrons. The Kier molecular flexibility index (Phi) is 3.24. The van der Waals surface area contributed by atoms with Gasteiger partial charge in [-0.2, -0.15) is 17.5 Å². The van der Waals surface area contributed by atoms with Gasteiger partial charge >= 0.3 is 0 Å². The molecule has 0 aromatic heterocycles. The molecule has 1 unspecified atom stereocenters. The third-order valence-corrected chi connectivity index (χ3v) is 5.05. The Hall–Kier alpha value is 0.0649. The van der Waals surface area contributed by atoms with E-state index in [-0.39, 0.29) is 0 Å². The van der Waals surface area contributed by atoms with E-state index in [1.807, 2.05) is 0 Å². The van der Waals surface area contributed by atoms with Gasteiger partial charge in [-0.25, -0.2) is 0 Å². The topological polar surface area (TPSA) is 0 Å². The van der Waals surface area contributed by atoms with Crippen LogP contribution in [-0.2, 0) is 0 Å². The van der Waals surface area contributed by atoms with Gasteiger partial charge in [-0.15, -0.1) is 6.71 Å². The fraction of sp³-hybridized carbons (Fsp3) is 1.00. The number of hydrogen-bond donors (Lipinski definition) is 0. The summed E-state index contributed by atoms with van der Waals surface area (Å²) in [5.74, 6) is 4.05. The van der Waals surface area contributed by atoms with Gasteiger partial charge in [0.1, 0.15) is 0 Å². The highest BCUT2D eigenvalue weighted by Crippen LogP contribution is 2.51. The molecule has 1 radical (unpaired) electrons. The van der Waals surface area contributed by atoms with Crippen molar-refractivity contribution >= 4 is 6.71 Å². The third kappa shape index (κ3) is 1.88. The molecule has 2 saturated heterocycles. The van der Waals surface area contributed by atoms with Crippen LogP contribution < -0.4 is 0 Å². The monoisotopic (exact) mass is 192 g/mol. The lowest BCUT2D eigenvalue weighted by molar-refractivity contribution is 0.424. The van der Waals surface area contributed by atoms with Crippen LogP contribution in [0.25, 0.3) is 0 Å². The fourth-order valence-corrected chi connectivity index (χ4v) is 4.03. The SMILES string of the molecule is CC(C)C(C)[B-]1C2CCCC1CCC2. The molecule has 0 saturated carbocycles. The van der Waals surface area contributed by atoms with E-state index in [0.29, 0.717) is 0 Å². The molecule has 0 aromatic rings. The van der Waals surface area contributed by atoms with Crippen LogP contribution in [0, 0.1) is 5.92 Å². The van der Waals surface area contributed by atoms with Crippen LogP contribution in [0.4, 0.5) is 0 Å². The van der Waals surface area contributed by atoms with Crippen LogP contribution in [0.2, 0.25) is 17.5 Å². The van der Waals surface area contributed by atoms with Crippen molar-refractivity contribution in [2.24, 2.45) is 5.92 Å². The van der Waals surface area contributed by atoms with Crippen molar-refractivity contribution in [1.29, 1.82) is 0 Å². The zero-order valence-corrected chi connectivity index (χ0v) is 10.1. The van der Waals surface area contributed by atoms with Crippen LogP contribution in [0.3, 0.4) is 0 Å². The van der Waals surface area contributed by atoms with E-state index in [0.717, 1.165) is 30.1 Å². The zero-order chi connectivity index (χ0) is 10.1. The summed E-state index contributed by atoms with van der Waals surface area (Å²) in [6.07, 6.45) is 9.21. The summed E-state index contributed by atoms with van der Waals surface area (Å²) >= 11 is 0. The lowest BCUT2D eigenvalue weighted by Crippen LogP contribution is -2.39.